The lowest BCUT2D eigenvalue weighted by atomic mass is 9.97. The van der Waals surface area contributed by atoms with Crippen LogP contribution in [-0.2, 0) is 11.3 Å². The molecule has 0 aromatic carbocycles. The van der Waals surface area contributed by atoms with Gasteiger partial charge >= 0.3 is 0 Å². The summed E-state index contributed by atoms with van der Waals surface area (Å²) in [5.74, 6) is 0.321. The Kier molecular flexibility index (Phi) is 3.99. The normalized spacial score (nSPS) is 21.9. The van der Waals surface area contributed by atoms with Crippen LogP contribution in [0.15, 0.2) is 12.1 Å². The number of aryl methyl sites for hydroxylation is 1. The fourth-order valence-corrected chi connectivity index (χ4v) is 2.81. The van der Waals surface area contributed by atoms with Crippen LogP contribution in [-0.4, -0.2) is 28.0 Å². The van der Waals surface area contributed by atoms with Gasteiger partial charge in [-0.3, -0.25) is 4.79 Å². The van der Waals surface area contributed by atoms with Gasteiger partial charge in [0.1, 0.15) is 0 Å². The zero-order valence-corrected chi connectivity index (χ0v) is 12.4. The summed E-state index contributed by atoms with van der Waals surface area (Å²) in [5, 5.41) is 0. The summed E-state index contributed by atoms with van der Waals surface area (Å²) in [5.41, 5.74) is 8.57. The van der Waals surface area contributed by atoms with E-state index in [1.54, 1.807) is 0 Å². The van der Waals surface area contributed by atoms with Gasteiger partial charge in [-0.1, -0.05) is 20.3 Å². The molecule has 0 radical (unpaired) electrons. The van der Waals surface area contributed by atoms with Crippen molar-refractivity contribution in [3.8, 4) is 0 Å². The predicted molar refractivity (Wildman–Crippen MR) is 76.7 cm³/mol. The maximum absolute atomic E-state index is 12.5. The summed E-state index contributed by atoms with van der Waals surface area (Å²) in [7, 11) is 0. The van der Waals surface area contributed by atoms with Crippen LogP contribution < -0.4 is 5.73 Å². The molecule has 1 aliphatic heterocycles. The molecule has 1 aromatic heterocycles. The first-order valence-corrected chi connectivity index (χ1v) is 7.19. The van der Waals surface area contributed by atoms with E-state index >= 15 is 0 Å². The van der Waals surface area contributed by atoms with Crippen molar-refractivity contribution in [3.05, 3.63) is 23.5 Å². The highest BCUT2D eigenvalue weighted by Crippen LogP contribution is 2.28. The molecule has 4 heteroatoms. The molecule has 1 amide bonds. The van der Waals surface area contributed by atoms with Gasteiger partial charge in [0.25, 0.3) is 0 Å². The van der Waals surface area contributed by atoms with Crippen LogP contribution in [0.5, 0.6) is 0 Å². The molecule has 0 saturated heterocycles. The van der Waals surface area contributed by atoms with Crippen molar-refractivity contribution in [2.75, 3.05) is 6.54 Å². The lowest BCUT2D eigenvalue weighted by Gasteiger charge is -2.37. The van der Waals surface area contributed by atoms with Crippen LogP contribution in [0.3, 0.4) is 0 Å². The molecule has 19 heavy (non-hydrogen) atoms. The quantitative estimate of drug-likeness (QED) is 0.907. The molecule has 1 aromatic rings. The minimum absolute atomic E-state index is 0.0898. The van der Waals surface area contributed by atoms with Gasteiger partial charge in [-0.15, -0.1) is 0 Å². The first kappa shape index (κ1) is 14.1. The van der Waals surface area contributed by atoms with E-state index in [2.05, 4.69) is 37.5 Å². The summed E-state index contributed by atoms with van der Waals surface area (Å²) in [6, 6.07) is 3.97. The zero-order chi connectivity index (χ0) is 14.2. The average Bonchev–Trinajstić information content (AvgIpc) is 2.79. The van der Waals surface area contributed by atoms with Gasteiger partial charge in [-0.2, -0.15) is 0 Å². The molecule has 2 rings (SSSR count). The van der Waals surface area contributed by atoms with Crippen LogP contribution >= 0.6 is 0 Å². The number of carbonyl (C=O) groups excluding carboxylic acids is 1. The SMILES string of the molecule is CCC(C)[C@H](N)C(=O)N1CCn2c(C)ccc2C1C. The van der Waals surface area contributed by atoms with E-state index in [1.807, 2.05) is 11.8 Å². The zero-order valence-electron chi connectivity index (χ0n) is 12.4. The number of carbonyl (C=O) groups is 1. The summed E-state index contributed by atoms with van der Waals surface area (Å²) >= 11 is 0. The minimum atomic E-state index is -0.380. The Bertz CT molecular complexity index is 466. The minimum Gasteiger partial charge on any atom is -0.345 e. The van der Waals surface area contributed by atoms with E-state index in [9.17, 15) is 4.79 Å². The van der Waals surface area contributed by atoms with Crippen LogP contribution in [0.4, 0.5) is 0 Å². The van der Waals surface area contributed by atoms with Crippen molar-refractivity contribution in [2.24, 2.45) is 11.7 Å². The molecule has 0 aliphatic carbocycles. The van der Waals surface area contributed by atoms with Gasteiger partial charge in [0.15, 0.2) is 0 Å². The summed E-state index contributed by atoms with van der Waals surface area (Å²) in [4.78, 5) is 14.5. The van der Waals surface area contributed by atoms with E-state index in [0.717, 1.165) is 19.5 Å². The maximum atomic E-state index is 12.5. The lowest BCUT2D eigenvalue weighted by molar-refractivity contribution is -0.137. The van der Waals surface area contributed by atoms with Crippen molar-refractivity contribution < 1.29 is 4.79 Å². The second-order valence-corrected chi connectivity index (χ2v) is 5.67. The molecule has 0 bridgehead atoms. The molecule has 0 fully saturated rings. The highest BCUT2D eigenvalue weighted by Gasteiger charge is 2.32. The van der Waals surface area contributed by atoms with Crippen molar-refractivity contribution in [2.45, 2.75) is 52.7 Å². The Balaban J connectivity index is 2.18. The highest BCUT2D eigenvalue weighted by molar-refractivity contribution is 5.82. The number of hydrogen-bond acceptors (Lipinski definition) is 2. The van der Waals surface area contributed by atoms with Gasteiger partial charge in [0.05, 0.1) is 12.1 Å². The summed E-state index contributed by atoms with van der Waals surface area (Å²) < 4.78 is 2.29. The van der Waals surface area contributed by atoms with Crippen molar-refractivity contribution in [1.29, 1.82) is 0 Å². The second kappa shape index (κ2) is 5.37. The number of nitrogens with two attached hydrogens (primary N) is 1. The smallest absolute Gasteiger partial charge is 0.240 e. The van der Waals surface area contributed by atoms with Crippen molar-refractivity contribution in [3.63, 3.8) is 0 Å². The molecule has 2 heterocycles. The Morgan fingerprint density at radius 1 is 1.47 bits per heavy atom. The number of rotatable bonds is 3. The fraction of sp³-hybridized carbons (Fsp3) is 0.667. The van der Waals surface area contributed by atoms with Crippen LogP contribution in [0.2, 0.25) is 0 Å². The van der Waals surface area contributed by atoms with Crippen molar-refractivity contribution >= 4 is 5.91 Å². The molecule has 0 spiro atoms. The molecule has 106 valence electrons. The Hall–Kier alpha value is -1.29. The molecular formula is C15H25N3O. The number of nitrogens with zero attached hydrogens (tertiary/aromatic N) is 2. The standard InChI is InChI=1S/C15H25N3O/c1-5-10(2)14(16)15(19)18-9-8-17-11(3)6-7-13(17)12(18)4/h6-7,10,12,14H,5,8-9,16H2,1-4H3/t10?,12?,14-/m0/s1. The first-order chi connectivity index (χ1) is 8.97. The largest absolute Gasteiger partial charge is 0.345 e. The molecule has 1 aliphatic rings. The number of aromatic nitrogens is 1. The maximum Gasteiger partial charge on any atom is 0.240 e. The molecule has 2 unspecified atom stereocenters. The monoisotopic (exact) mass is 263 g/mol. The predicted octanol–water partition coefficient (Wildman–Crippen LogP) is 2.07. The number of amides is 1. The third-order valence-corrected chi connectivity index (χ3v) is 4.52. The molecular weight excluding hydrogens is 238 g/mol. The Morgan fingerprint density at radius 2 is 2.16 bits per heavy atom. The highest BCUT2D eigenvalue weighted by atomic mass is 16.2. The summed E-state index contributed by atoms with van der Waals surface area (Å²) in [6.07, 6.45) is 0.935. The topological polar surface area (TPSA) is 51.3 Å². The second-order valence-electron chi connectivity index (χ2n) is 5.67. The first-order valence-electron chi connectivity index (χ1n) is 7.19. The van der Waals surface area contributed by atoms with E-state index in [1.165, 1.54) is 11.4 Å². The Morgan fingerprint density at radius 3 is 2.79 bits per heavy atom. The van der Waals surface area contributed by atoms with E-state index < -0.39 is 0 Å². The van der Waals surface area contributed by atoms with E-state index in [-0.39, 0.29) is 23.9 Å². The average molecular weight is 263 g/mol. The van der Waals surface area contributed by atoms with Gasteiger partial charge in [0, 0.05) is 24.5 Å². The lowest BCUT2D eigenvalue weighted by Crippen LogP contribution is -2.50. The van der Waals surface area contributed by atoms with Gasteiger partial charge < -0.3 is 15.2 Å². The third-order valence-electron chi connectivity index (χ3n) is 4.52. The third kappa shape index (κ3) is 2.41. The molecule has 4 nitrogen and oxygen atoms in total. The van der Waals surface area contributed by atoms with Crippen LogP contribution in [0.25, 0.3) is 0 Å². The fourth-order valence-electron chi connectivity index (χ4n) is 2.81. The summed E-state index contributed by atoms with van der Waals surface area (Å²) in [6.45, 7) is 9.95. The van der Waals surface area contributed by atoms with Gasteiger partial charge in [-0.05, 0) is 31.9 Å². The van der Waals surface area contributed by atoms with Gasteiger partial charge in [0.2, 0.25) is 5.91 Å². The molecule has 3 atom stereocenters. The molecule has 0 saturated carbocycles. The van der Waals surface area contributed by atoms with E-state index in [4.69, 9.17) is 5.73 Å². The Labute approximate surface area is 115 Å². The number of fused-ring (bicyclic) bond motifs is 1. The molecule has 2 N–H and O–H groups in total. The van der Waals surface area contributed by atoms with Crippen LogP contribution in [0.1, 0.15) is 44.6 Å². The van der Waals surface area contributed by atoms with E-state index in [0.29, 0.717) is 0 Å². The van der Waals surface area contributed by atoms with Crippen LogP contribution in [0, 0.1) is 12.8 Å². The van der Waals surface area contributed by atoms with Gasteiger partial charge in [-0.25, -0.2) is 0 Å². The number of hydrogen-bond donors (Lipinski definition) is 1. The van der Waals surface area contributed by atoms with Crippen molar-refractivity contribution in [1.82, 2.24) is 9.47 Å².